The van der Waals surface area contributed by atoms with E-state index in [1.165, 1.54) is 0 Å². The van der Waals surface area contributed by atoms with Gasteiger partial charge in [-0.15, -0.1) is 0 Å². The van der Waals surface area contributed by atoms with Gasteiger partial charge in [0.05, 0.1) is 12.0 Å². The highest BCUT2D eigenvalue weighted by molar-refractivity contribution is 5.68. The second-order valence-corrected chi connectivity index (χ2v) is 5.13. The molecule has 3 heteroatoms. The summed E-state index contributed by atoms with van der Waals surface area (Å²) in [5.74, 6) is -0.785. The minimum absolute atomic E-state index is 0.00243. The van der Waals surface area contributed by atoms with E-state index in [9.17, 15) is 9.90 Å². The number of rotatable bonds is 2. The van der Waals surface area contributed by atoms with Crippen molar-refractivity contribution in [2.75, 3.05) is 0 Å². The Morgan fingerprint density at radius 3 is 2.31 bits per heavy atom. The van der Waals surface area contributed by atoms with Crippen LogP contribution in [-0.4, -0.2) is 21.8 Å². The van der Waals surface area contributed by atoms with E-state index in [1.807, 2.05) is 20.8 Å². The lowest BCUT2D eigenvalue weighted by Crippen LogP contribution is -2.53. The molecule has 0 spiro atoms. The summed E-state index contributed by atoms with van der Waals surface area (Å²) in [6.45, 7) is 6.14. The number of aliphatic hydroxyl groups is 1. The van der Waals surface area contributed by atoms with Crippen LogP contribution in [0.25, 0.3) is 0 Å². The molecule has 0 aliphatic heterocycles. The van der Waals surface area contributed by atoms with E-state index in [0.717, 1.165) is 6.42 Å². The fourth-order valence-corrected chi connectivity index (χ4v) is 2.33. The molecule has 0 radical (unpaired) electrons. The van der Waals surface area contributed by atoms with Crippen molar-refractivity contribution in [2.24, 2.45) is 11.3 Å². The Morgan fingerprint density at radius 1 is 1.54 bits per heavy atom. The number of carboxylic acid groups (broad SMARTS) is 1. The second kappa shape index (κ2) is 2.98. The molecule has 1 fully saturated rings. The molecule has 2 unspecified atom stereocenters. The van der Waals surface area contributed by atoms with Gasteiger partial charge >= 0.3 is 5.97 Å². The van der Waals surface area contributed by atoms with E-state index in [0.29, 0.717) is 6.42 Å². The first-order chi connectivity index (χ1) is 5.76. The number of carbonyl (C=O) groups is 1. The first kappa shape index (κ1) is 10.5. The van der Waals surface area contributed by atoms with Crippen LogP contribution in [0, 0.1) is 11.3 Å². The second-order valence-electron chi connectivity index (χ2n) is 5.13. The van der Waals surface area contributed by atoms with Crippen molar-refractivity contribution in [3.8, 4) is 0 Å². The van der Waals surface area contributed by atoms with Crippen LogP contribution in [0.5, 0.6) is 0 Å². The maximum Gasteiger partial charge on any atom is 0.306 e. The lowest BCUT2D eigenvalue weighted by atomic mass is 9.57. The van der Waals surface area contributed by atoms with Crippen LogP contribution in [0.3, 0.4) is 0 Å². The molecule has 1 aliphatic rings. The molecule has 1 saturated carbocycles. The Labute approximate surface area is 78.8 Å². The summed E-state index contributed by atoms with van der Waals surface area (Å²) in [5, 5.41) is 18.6. The van der Waals surface area contributed by atoms with Gasteiger partial charge in [-0.1, -0.05) is 20.8 Å². The summed E-state index contributed by atoms with van der Waals surface area (Å²) >= 11 is 0. The molecule has 0 saturated heterocycles. The van der Waals surface area contributed by atoms with Crippen molar-refractivity contribution in [3.63, 3.8) is 0 Å². The fourth-order valence-electron chi connectivity index (χ4n) is 2.33. The Balaban J connectivity index is 2.66. The van der Waals surface area contributed by atoms with Crippen molar-refractivity contribution in [1.29, 1.82) is 0 Å². The predicted octanol–water partition coefficient (Wildman–Crippen LogP) is 1.65. The van der Waals surface area contributed by atoms with E-state index in [4.69, 9.17) is 5.11 Å². The topological polar surface area (TPSA) is 57.5 Å². The van der Waals surface area contributed by atoms with Crippen LogP contribution >= 0.6 is 0 Å². The van der Waals surface area contributed by atoms with Crippen LogP contribution in [0.1, 0.15) is 40.0 Å². The van der Waals surface area contributed by atoms with E-state index in [1.54, 1.807) is 0 Å². The van der Waals surface area contributed by atoms with Crippen molar-refractivity contribution < 1.29 is 15.0 Å². The lowest BCUT2D eigenvalue weighted by Gasteiger charge is -2.51. The van der Waals surface area contributed by atoms with Gasteiger partial charge in [-0.3, -0.25) is 4.79 Å². The summed E-state index contributed by atoms with van der Waals surface area (Å²) in [5.41, 5.74) is -0.952. The summed E-state index contributed by atoms with van der Waals surface area (Å²) in [6, 6.07) is 0. The van der Waals surface area contributed by atoms with E-state index in [-0.39, 0.29) is 17.8 Å². The fraction of sp³-hybridized carbons (Fsp3) is 0.900. The van der Waals surface area contributed by atoms with E-state index < -0.39 is 11.6 Å². The molecule has 2 atom stereocenters. The molecule has 0 aromatic rings. The monoisotopic (exact) mass is 186 g/mol. The molecule has 13 heavy (non-hydrogen) atoms. The van der Waals surface area contributed by atoms with Gasteiger partial charge in [-0.05, 0) is 24.2 Å². The molecular formula is C10H18O3. The number of carboxylic acids is 1. The minimum atomic E-state index is -0.954. The van der Waals surface area contributed by atoms with Gasteiger partial charge in [0.2, 0.25) is 0 Å². The highest BCUT2D eigenvalue weighted by atomic mass is 16.4. The molecule has 0 amide bonds. The van der Waals surface area contributed by atoms with Crippen LogP contribution in [-0.2, 0) is 4.79 Å². The van der Waals surface area contributed by atoms with Crippen molar-refractivity contribution in [2.45, 2.75) is 45.6 Å². The summed E-state index contributed by atoms with van der Waals surface area (Å²) in [6.07, 6.45) is 1.45. The van der Waals surface area contributed by atoms with Crippen molar-refractivity contribution in [3.05, 3.63) is 0 Å². The third-order valence-electron chi connectivity index (χ3n) is 3.02. The van der Waals surface area contributed by atoms with E-state index >= 15 is 0 Å². The zero-order valence-electron chi connectivity index (χ0n) is 8.50. The van der Waals surface area contributed by atoms with Crippen LogP contribution in [0.4, 0.5) is 0 Å². The van der Waals surface area contributed by atoms with Crippen molar-refractivity contribution >= 4 is 5.97 Å². The number of hydrogen-bond acceptors (Lipinski definition) is 2. The SMILES string of the molecule is CC(C)(C)C1CCC1(O)CC(=O)O. The Bertz CT molecular complexity index is 217. The number of hydrogen-bond donors (Lipinski definition) is 2. The van der Waals surface area contributed by atoms with Gasteiger partial charge in [-0.25, -0.2) is 0 Å². The molecular weight excluding hydrogens is 168 g/mol. The maximum atomic E-state index is 10.5. The zero-order chi connectivity index (χ0) is 10.3. The molecule has 3 nitrogen and oxygen atoms in total. The van der Waals surface area contributed by atoms with Gasteiger partial charge in [0, 0.05) is 0 Å². The largest absolute Gasteiger partial charge is 0.481 e. The van der Waals surface area contributed by atoms with Crippen LogP contribution in [0.15, 0.2) is 0 Å². The highest BCUT2D eigenvalue weighted by Gasteiger charge is 2.51. The van der Waals surface area contributed by atoms with Gasteiger partial charge < -0.3 is 10.2 Å². The first-order valence-electron chi connectivity index (χ1n) is 4.70. The third kappa shape index (κ3) is 2.02. The number of aliphatic carboxylic acids is 1. The molecule has 1 aliphatic carbocycles. The van der Waals surface area contributed by atoms with Gasteiger partial charge in [0.1, 0.15) is 0 Å². The Morgan fingerprint density at radius 2 is 2.08 bits per heavy atom. The summed E-state index contributed by atoms with van der Waals surface area (Å²) < 4.78 is 0. The normalized spacial score (nSPS) is 34.0. The Hall–Kier alpha value is -0.570. The van der Waals surface area contributed by atoms with Crippen LogP contribution < -0.4 is 0 Å². The third-order valence-corrected chi connectivity index (χ3v) is 3.02. The van der Waals surface area contributed by atoms with E-state index in [2.05, 4.69) is 0 Å². The molecule has 0 aromatic heterocycles. The standard InChI is InChI=1S/C10H18O3/c1-9(2,3)7-4-5-10(7,13)6-8(11)12/h7,13H,4-6H2,1-3H3,(H,11,12). The zero-order valence-corrected chi connectivity index (χ0v) is 8.50. The summed E-state index contributed by atoms with van der Waals surface area (Å²) in [7, 11) is 0. The average Bonchev–Trinajstić information content (AvgIpc) is 1.79. The quantitative estimate of drug-likeness (QED) is 0.689. The molecule has 1 rings (SSSR count). The summed E-state index contributed by atoms with van der Waals surface area (Å²) in [4.78, 5) is 10.5. The predicted molar refractivity (Wildman–Crippen MR) is 49.4 cm³/mol. The minimum Gasteiger partial charge on any atom is -0.481 e. The average molecular weight is 186 g/mol. The molecule has 0 heterocycles. The first-order valence-corrected chi connectivity index (χ1v) is 4.70. The molecule has 2 N–H and O–H groups in total. The lowest BCUT2D eigenvalue weighted by molar-refractivity contribution is -0.166. The highest BCUT2D eigenvalue weighted by Crippen LogP contribution is 2.50. The molecule has 0 aromatic carbocycles. The van der Waals surface area contributed by atoms with Crippen molar-refractivity contribution in [1.82, 2.24) is 0 Å². The molecule has 76 valence electrons. The van der Waals surface area contributed by atoms with Gasteiger partial charge in [0.25, 0.3) is 0 Å². The maximum absolute atomic E-state index is 10.5. The molecule has 0 bridgehead atoms. The van der Waals surface area contributed by atoms with Gasteiger partial charge in [0.15, 0.2) is 0 Å². The smallest absolute Gasteiger partial charge is 0.306 e. The van der Waals surface area contributed by atoms with Crippen LogP contribution in [0.2, 0.25) is 0 Å². The Kier molecular flexibility index (Phi) is 2.41. The van der Waals surface area contributed by atoms with Gasteiger partial charge in [-0.2, -0.15) is 0 Å².